The summed E-state index contributed by atoms with van der Waals surface area (Å²) in [6, 6.07) is 12.2. The van der Waals surface area contributed by atoms with Gasteiger partial charge in [0.1, 0.15) is 0 Å². The lowest BCUT2D eigenvalue weighted by atomic mass is 10.1. The lowest BCUT2D eigenvalue weighted by Crippen LogP contribution is -2.11. The van der Waals surface area contributed by atoms with Crippen molar-refractivity contribution in [1.29, 1.82) is 0 Å². The van der Waals surface area contributed by atoms with Crippen LogP contribution in [0.2, 0.25) is 0 Å². The highest BCUT2D eigenvalue weighted by atomic mass is 32.2. The molecule has 0 aliphatic rings. The van der Waals surface area contributed by atoms with Crippen LogP contribution in [-0.4, -0.2) is 24.6 Å². The summed E-state index contributed by atoms with van der Waals surface area (Å²) in [6.45, 7) is 0. The fourth-order valence-electron chi connectivity index (χ4n) is 2.49. The van der Waals surface area contributed by atoms with Crippen molar-refractivity contribution in [3.05, 3.63) is 54.4 Å². The maximum absolute atomic E-state index is 13.2. The second-order valence-electron chi connectivity index (χ2n) is 5.60. The lowest BCUT2D eigenvalue weighted by molar-refractivity contribution is -0.144. The third kappa shape index (κ3) is 4.18. The van der Waals surface area contributed by atoms with Crippen LogP contribution in [0.1, 0.15) is 5.82 Å². The molecule has 10 heteroatoms. The maximum atomic E-state index is 13.2. The molecule has 0 atom stereocenters. The van der Waals surface area contributed by atoms with Gasteiger partial charge in [-0.15, -0.1) is 11.8 Å². The van der Waals surface area contributed by atoms with Crippen molar-refractivity contribution in [1.82, 2.24) is 9.97 Å². The number of alkyl halides is 3. The SMILES string of the molecule is CSc1ccc(-c2nc(C(F)(F)F)[nH]c2-c2ccc(S(N)(=O)=O)cc2)cc1. The first-order chi connectivity index (χ1) is 12.6. The molecular weight excluding hydrogens is 399 g/mol. The van der Waals surface area contributed by atoms with E-state index in [0.29, 0.717) is 11.1 Å². The van der Waals surface area contributed by atoms with Crippen LogP contribution in [0.3, 0.4) is 0 Å². The normalized spacial score (nSPS) is 12.3. The molecule has 0 spiro atoms. The number of nitrogens with zero attached hydrogens (tertiary/aromatic N) is 1. The van der Waals surface area contributed by atoms with Crippen molar-refractivity contribution in [2.75, 3.05) is 6.26 Å². The summed E-state index contributed by atoms with van der Waals surface area (Å²) in [5.74, 6) is -1.13. The Bertz CT molecular complexity index is 1060. The average Bonchev–Trinajstić information content (AvgIpc) is 3.07. The first kappa shape index (κ1) is 19.5. The molecular formula is C17H14F3N3O2S2. The van der Waals surface area contributed by atoms with E-state index in [4.69, 9.17) is 5.14 Å². The number of halogens is 3. The number of imidazole rings is 1. The number of hydrogen-bond acceptors (Lipinski definition) is 4. The summed E-state index contributed by atoms with van der Waals surface area (Å²) in [4.78, 5) is 6.86. The van der Waals surface area contributed by atoms with Crippen molar-refractivity contribution < 1.29 is 21.6 Å². The van der Waals surface area contributed by atoms with E-state index in [1.807, 2.05) is 6.26 Å². The molecule has 142 valence electrons. The van der Waals surface area contributed by atoms with E-state index >= 15 is 0 Å². The zero-order chi connectivity index (χ0) is 19.8. The summed E-state index contributed by atoms with van der Waals surface area (Å²) in [7, 11) is -3.90. The predicted octanol–water partition coefficient (Wildman–Crippen LogP) is 4.13. The number of aromatic nitrogens is 2. The number of primary sulfonamides is 1. The molecule has 0 amide bonds. The number of hydrogen-bond donors (Lipinski definition) is 2. The van der Waals surface area contributed by atoms with E-state index in [1.165, 1.54) is 36.0 Å². The van der Waals surface area contributed by atoms with Gasteiger partial charge in [0.2, 0.25) is 15.8 Å². The number of aromatic amines is 1. The molecule has 3 N–H and O–H groups in total. The Morgan fingerprint density at radius 1 is 1.00 bits per heavy atom. The van der Waals surface area contributed by atoms with Gasteiger partial charge in [0.25, 0.3) is 0 Å². The Hall–Kier alpha value is -2.30. The summed E-state index contributed by atoms with van der Waals surface area (Å²) in [6.07, 6.45) is -2.75. The van der Waals surface area contributed by atoms with Gasteiger partial charge in [-0.3, -0.25) is 0 Å². The summed E-state index contributed by atoms with van der Waals surface area (Å²) < 4.78 is 62.2. The molecule has 0 fully saturated rings. The van der Waals surface area contributed by atoms with Gasteiger partial charge in [0.05, 0.1) is 16.3 Å². The molecule has 0 bridgehead atoms. The van der Waals surface area contributed by atoms with E-state index in [2.05, 4.69) is 9.97 Å². The number of nitrogens with two attached hydrogens (primary N) is 1. The van der Waals surface area contributed by atoms with Crippen molar-refractivity contribution >= 4 is 21.8 Å². The molecule has 0 unspecified atom stereocenters. The van der Waals surface area contributed by atoms with Gasteiger partial charge in [0.15, 0.2) is 0 Å². The van der Waals surface area contributed by atoms with Crippen molar-refractivity contribution in [2.24, 2.45) is 5.14 Å². The van der Waals surface area contributed by atoms with Crippen LogP contribution in [0.5, 0.6) is 0 Å². The zero-order valence-electron chi connectivity index (χ0n) is 13.9. The second kappa shape index (κ2) is 7.02. The number of thioether (sulfide) groups is 1. The van der Waals surface area contributed by atoms with Crippen molar-refractivity contribution in [3.8, 4) is 22.5 Å². The van der Waals surface area contributed by atoms with E-state index in [-0.39, 0.29) is 16.3 Å². The van der Waals surface area contributed by atoms with Gasteiger partial charge in [-0.05, 0) is 30.5 Å². The Morgan fingerprint density at radius 2 is 1.56 bits per heavy atom. The minimum atomic E-state index is -4.65. The third-order valence-corrected chi connectivity index (χ3v) is 5.48. The minimum absolute atomic E-state index is 0.123. The first-order valence-corrected chi connectivity index (χ1v) is 10.3. The number of sulfonamides is 1. The average molecular weight is 413 g/mol. The molecule has 3 aromatic rings. The Morgan fingerprint density at radius 3 is 2.04 bits per heavy atom. The number of rotatable bonds is 4. The monoisotopic (exact) mass is 413 g/mol. The molecule has 0 aliphatic heterocycles. The fourth-order valence-corrected chi connectivity index (χ4v) is 3.41. The van der Waals surface area contributed by atoms with Gasteiger partial charge < -0.3 is 4.98 Å². The highest BCUT2D eigenvalue weighted by Gasteiger charge is 2.36. The summed E-state index contributed by atoms with van der Waals surface area (Å²) in [5, 5.41) is 5.06. The molecule has 3 rings (SSSR count). The Labute approximate surface area is 157 Å². The van der Waals surface area contributed by atoms with Crippen molar-refractivity contribution in [3.63, 3.8) is 0 Å². The third-order valence-electron chi connectivity index (χ3n) is 3.81. The highest BCUT2D eigenvalue weighted by molar-refractivity contribution is 7.98. The van der Waals surface area contributed by atoms with Gasteiger partial charge in [-0.2, -0.15) is 13.2 Å². The highest BCUT2D eigenvalue weighted by Crippen LogP contribution is 2.36. The van der Waals surface area contributed by atoms with Crippen molar-refractivity contribution in [2.45, 2.75) is 16.0 Å². The van der Waals surface area contributed by atoms with E-state index in [9.17, 15) is 21.6 Å². The van der Waals surface area contributed by atoms with Crippen LogP contribution in [0.15, 0.2) is 58.3 Å². The first-order valence-electron chi connectivity index (χ1n) is 7.54. The quantitative estimate of drug-likeness (QED) is 0.630. The number of benzene rings is 2. The summed E-state index contributed by atoms with van der Waals surface area (Å²) >= 11 is 1.51. The zero-order valence-corrected chi connectivity index (χ0v) is 15.5. The number of nitrogens with one attached hydrogen (secondary N) is 1. The summed E-state index contributed by atoms with van der Waals surface area (Å²) in [5.41, 5.74) is 1.12. The maximum Gasteiger partial charge on any atom is 0.449 e. The van der Waals surface area contributed by atoms with E-state index in [1.54, 1.807) is 24.3 Å². The van der Waals surface area contributed by atoms with Gasteiger partial charge in [-0.1, -0.05) is 24.3 Å². The smallest absolute Gasteiger partial charge is 0.334 e. The minimum Gasteiger partial charge on any atom is -0.334 e. The number of H-pyrrole nitrogens is 1. The molecule has 2 aromatic carbocycles. The molecule has 0 aliphatic carbocycles. The van der Waals surface area contributed by atoms with Crippen LogP contribution in [0.25, 0.3) is 22.5 Å². The standard InChI is InChI=1S/C17H14F3N3O2S2/c1-26-12-6-2-10(3-7-12)14-15(23-16(22-14)17(18,19)20)11-4-8-13(9-5-11)27(21,24)25/h2-9H,1H3,(H,22,23)(H2,21,24,25). The second-order valence-corrected chi connectivity index (χ2v) is 8.05. The van der Waals surface area contributed by atoms with Gasteiger partial charge in [-0.25, -0.2) is 18.5 Å². The predicted molar refractivity (Wildman–Crippen MR) is 97.6 cm³/mol. The molecule has 0 radical (unpaired) electrons. The van der Waals surface area contributed by atoms with Crippen LogP contribution < -0.4 is 5.14 Å². The molecule has 1 heterocycles. The molecule has 0 saturated carbocycles. The van der Waals surface area contributed by atoms with Crippen LogP contribution >= 0.6 is 11.8 Å². The van der Waals surface area contributed by atoms with Crippen LogP contribution in [0.4, 0.5) is 13.2 Å². The molecule has 27 heavy (non-hydrogen) atoms. The van der Waals surface area contributed by atoms with Crippen LogP contribution in [-0.2, 0) is 16.2 Å². The molecule has 0 saturated heterocycles. The van der Waals surface area contributed by atoms with Gasteiger partial charge >= 0.3 is 6.18 Å². The Balaban J connectivity index is 2.14. The van der Waals surface area contributed by atoms with E-state index in [0.717, 1.165) is 4.90 Å². The van der Waals surface area contributed by atoms with Crippen LogP contribution in [0, 0.1) is 0 Å². The Kier molecular flexibility index (Phi) is 5.06. The van der Waals surface area contributed by atoms with Gasteiger partial charge in [0, 0.05) is 16.0 Å². The topological polar surface area (TPSA) is 88.8 Å². The largest absolute Gasteiger partial charge is 0.449 e. The molecule has 5 nitrogen and oxygen atoms in total. The molecule has 1 aromatic heterocycles. The fraction of sp³-hybridized carbons (Fsp3) is 0.118. The van der Waals surface area contributed by atoms with E-state index < -0.39 is 22.0 Å². The lowest BCUT2D eigenvalue weighted by Gasteiger charge is -2.05.